The molecule has 5 rings (SSSR count). The highest BCUT2D eigenvalue weighted by molar-refractivity contribution is 5.94. The summed E-state index contributed by atoms with van der Waals surface area (Å²) in [7, 11) is 0. The zero-order chi connectivity index (χ0) is 19.1. The van der Waals surface area contributed by atoms with Gasteiger partial charge >= 0.3 is 0 Å². The predicted molar refractivity (Wildman–Crippen MR) is 104 cm³/mol. The molecule has 1 N–H and O–H groups in total. The van der Waals surface area contributed by atoms with Crippen molar-refractivity contribution in [3.63, 3.8) is 0 Å². The molecule has 1 amide bonds. The molecule has 144 valence electrons. The molecule has 1 saturated heterocycles. The lowest BCUT2D eigenvalue weighted by Crippen LogP contribution is -2.38. The maximum atomic E-state index is 13.4. The van der Waals surface area contributed by atoms with Crippen molar-refractivity contribution in [2.24, 2.45) is 0 Å². The van der Waals surface area contributed by atoms with Gasteiger partial charge < -0.3 is 14.6 Å². The van der Waals surface area contributed by atoms with Gasteiger partial charge in [-0.1, -0.05) is 0 Å². The molecule has 1 fully saturated rings. The van der Waals surface area contributed by atoms with E-state index >= 15 is 0 Å². The molecule has 0 bridgehead atoms. The fourth-order valence-electron chi connectivity index (χ4n) is 4.23. The van der Waals surface area contributed by atoms with Gasteiger partial charge in [-0.3, -0.25) is 4.79 Å². The van der Waals surface area contributed by atoms with Gasteiger partial charge in [0.25, 0.3) is 5.91 Å². The van der Waals surface area contributed by atoms with Crippen LogP contribution in [0.2, 0.25) is 0 Å². The van der Waals surface area contributed by atoms with Gasteiger partial charge in [-0.25, -0.2) is 9.37 Å². The summed E-state index contributed by atoms with van der Waals surface area (Å²) >= 11 is 0. The molecular weight excluding hydrogens is 357 g/mol. The second kappa shape index (κ2) is 6.93. The molecule has 0 spiro atoms. The Morgan fingerprint density at radius 1 is 1.18 bits per heavy atom. The third-order valence-electron chi connectivity index (χ3n) is 5.79. The van der Waals surface area contributed by atoms with E-state index in [0.29, 0.717) is 13.1 Å². The van der Waals surface area contributed by atoms with Gasteiger partial charge in [0.2, 0.25) is 0 Å². The van der Waals surface area contributed by atoms with E-state index in [1.165, 1.54) is 12.1 Å². The first kappa shape index (κ1) is 17.2. The number of nitrogens with one attached hydrogen (secondary N) is 1. The molecule has 0 atom stereocenters. The van der Waals surface area contributed by atoms with Gasteiger partial charge in [-0.05, 0) is 67.6 Å². The van der Waals surface area contributed by atoms with Crippen molar-refractivity contribution in [1.29, 1.82) is 0 Å². The minimum Gasteiger partial charge on any atom is -0.493 e. The number of ether oxygens (including phenoxy) is 1. The van der Waals surface area contributed by atoms with Crippen molar-refractivity contribution in [3.05, 3.63) is 59.2 Å². The second-order valence-electron chi connectivity index (χ2n) is 7.62. The Balaban J connectivity index is 1.28. The summed E-state index contributed by atoms with van der Waals surface area (Å²) in [5.41, 5.74) is 3.37. The van der Waals surface area contributed by atoms with Crippen LogP contribution in [0.5, 0.6) is 5.75 Å². The van der Waals surface area contributed by atoms with E-state index in [1.807, 2.05) is 23.1 Å². The van der Waals surface area contributed by atoms with Crippen molar-refractivity contribution in [1.82, 2.24) is 14.9 Å². The molecule has 3 aromatic rings. The zero-order valence-corrected chi connectivity index (χ0v) is 15.6. The van der Waals surface area contributed by atoms with Gasteiger partial charge in [0.05, 0.1) is 17.6 Å². The van der Waals surface area contributed by atoms with Gasteiger partial charge in [0.1, 0.15) is 17.4 Å². The van der Waals surface area contributed by atoms with Crippen LogP contribution in [0, 0.1) is 5.82 Å². The number of likely N-dealkylation sites (tertiary alicyclic amines) is 1. The molecule has 0 saturated carbocycles. The van der Waals surface area contributed by atoms with Crippen LogP contribution in [0.25, 0.3) is 11.0 Å². The molecular formula is C22H22FN3O2. The van der Waals surface area contributed by atoms with Crippen molar-refractivity contribution in [2.75, 3.05) is 19.7 Å². The first-order valence-corrected chi connectivity index (χ1v) is 9.87. The van der Waals surface area contributed by atoms with Gasteiger partial charge in [0.15, 0.2) is 0 Å². The third-order valence-corrected chi connectivity index (χ3v) is 5.79. The molecule has 0 aliphatic carbocycles. The van der Waals surface area contributed by atoms with E-state index in [4.69, 9.17) is 4.74 Å². The van der Waals surface area contributed by atoms with Crippen LogP contribution in [-0.2, 0) is 6.42 Å². The van der Waals surface area contributed by atoms with Crippen molar-refractivity contribution < 1.29 is 13.9 Å². The molecule has 2 aliphatic heterocycles. The molecule has 28 heavy (non-hydrogen) atoms. The topological polar surface area (TPSA) is 58.2 Å². The zero-order valence-electron chi connectivity index (χ0n) is 15.6. The first-order valence-electron chi connectivity index (χ1n) is 9.87. The smallest absolute Gasteiger partial charge is 0.253 e. The molecule has 3 heterocycles. The van der Waals surface area contributed by atoms with Crippen LogP contribution >= 0.6 is 0 Å². The number of amides is 1. The number of nitrogens with zero attached hydrogens (tertiary/aromatic N) is 2. The quantitative estimate of drug-likeness (QED) is 0.731. The maximum Gasteiger partial charge on any atom is 0.253 e. The summed E-state index contributed by atoms with van der Waals surface area (Å²) in [6, 6.07) is 10.4. The molecule has 2 aromatic carbocycles. The number of carbonyl (C=O) groups is 1. The summed E-state index contributed by atoms with van der Waals surface area (Å²) in [4.78, 5) is 22.7. The van der Waals surface area contributed by atoms with Gasteiger partial charge in [0, 0.05) is 24.6 Å². The highest BCUT2D eigenvalue weighted by Gasteiger charge is 2.27. The average molecular weight is 379 g/mol. The van der Waals surface area contributed by atoms with E-state index < -0.39 is 0 Å². The predicted octanol–water partition coefficient (Wildman–Crippen LogP) is 4.05. The normalized spacial score (nSPS) is 17.4. The minimum atomic E-state index is -0.265. The van der Waals surface area contributed by atoms with E-state index in [-0.39, 0.29) is 17.6 Å². The Morgan fingerprint density at radius 2 is 2.04 bits per heavy atom. The number of imidazole rings is 1. The Bertz CT molecular complexity index is 1040. The number of halogens is 1. The van der Waals surface area contributed by atoms with Crippen LogP contribution in [0.4, 0.5) is 4.39 Å². The van der Waals surface area contributed by atoms with Crippen LogP contribution in [-0.4, -0.2) is 40.5 Å². The number of aromatic amines is 1. The number of aryl methyl sites for hydroxylation is 1. The van der Waals surface area contributed by atoms with Crippen molar-refractivity contribution in [2.45, 2.75) is 31.6 Å². The molecule has 0 radical (unpaired) electrons. The van der Waals surface area contributed by atoms with Gasteiger partial charge in [-0.2, -0.15) is 0 Å². The number of benzene rings is 2. The monoisotopic (exact) mass is 379 g/mol. The Labute approximate surface area is 162 Å². The first-order chi connectivity index (χ1) is 13.7. The van der Waals surface area contributed by atoms with E-state index in [1.54, 1.807) is 6.07 Å². The van der Waals surface area contributed by atoms with Crippen LogP contribution in [0.3, 0.4) is 0 Å². The van der Waals surface area contributed by atoms with Crippen molar-refractivity contribution >= 4 is 16.9 Å². The number of rotatable bonds is 2. The fraction of sp³-hybridized carbons (Fsp3) is 0.364. The lowest BCUT2D eigenvalue weighted by molar-refractivity contribution is 0.0711. The van der Waals surface area contributed by atoms with E-state index in [0.717, 1.165) is 66.0 Å². The standard InChI is InChI=1S/C22H22FN3O2/c23-17-4-5-18-19(13-17)25-21(24-18)14-7-9-26(10-8-14)22(27)16-3-6-20-15(12-16)2-1-11-28-20/h3-6,12-14H,1-2,7-11H2,(H,24,25). The number of hydrogen-bond donors (Lipinski definition) is 1. The second-order valence-corrected chi connectivity index (χ2v) is 7.62. The average Bonchev–Trinajstić information content (AvgIpc) is 3.16. The Kier molecular flexibility index (Phi) is 4.26. The number of hydrogen-bond acceptors (Lipinski definition) is 3. The molecule has 6 heteroatoms. The number of H-pyrrole nitrogens is 1. The number of aromatic nitrogens is 2. The van der Waals surface area contributed by atoms with Gasteiger partial charge in [-0.15, -0.1) is 0 Å². The lowest BCUT2D eigenvalue weighted by atomic mass is 9.95. The van der Waals surface area contributed by atoms with Crippen LogP contribution in [0.1, 0.15) is 46.9 Å². The molecule has 2 aliphatic rings. The summed E-state index contributed by atoms with van der Waals surface area (Å²) in [5.74, 6) is 1.87. The van der Waals surface area contributed by atoms with Crippen LogP contribution < -0.4 is 4.74 Å². The van der Waals surface area contributed by atoms with Crippen molar-refractivity contribution in [3.8, 4) is 5.75 Å². The number of fused-ring (bicyclic) bond motifs is 2. The fourth-order valence-corrected chi connectivity index (χ4v) is 4.23. The van der Waals surface area contributed by atoms with E-state index in [9.17, 15) is 9.18 Å². The number of carbonyl (C=O) groups excluding carboxylic acids is 1. The lowest BCUT2D eigenvalue weighted by Gasteiger charge is -2.31. The summed E-state index contributed by atoms with van der Waals surface area (Å²) < 4.78 is 19.0. The Hall–Kier alpha value is -2.89. The number of piperidine rings is 1. The summed E-state index contributed by atoms with van der Waals surface area (Å²) in [5, 5.41) is 0. The highest BCUT2D eigenvalue weighted by Crippen LogP contribution is 2.30. The SMILES string of the molecule is O=C(c1ccc2c(c1)CCCO2)N1CCC(c2nc3ccc(F)cc3[nH]2)CC1. The largest absolute Gasteiger partial charge is 0.493 e. The highest BCUT2D eigenvalue weighted by atomic mass is 19.1. The summed E-state index contributed by atoms with van der Waals surface area (Å²) in [6.45, 7) is 2.15. The van der Waals surface area contributed by atoms with E-state index in [2.05, 4.69) is 9.97 Å². The van der Waals surface area contributed by atoms with Crippen LogP contribution in [0.15, 0.2) is 36.4 Å². The minimum absolute atomic E-state index is 0.0819. The molecule has 1 aromatic heterocycles. The summed E-state index contributed by atoms with van der Waals surface area (Å²) in [6.07, 6.45) is 3.66. The maximum absolute atomic E-state index is 13.4. The molecule has 0 unspecified atom stereocenters. The Morgan fingerprint density at radius 3 is 2.89 bits per heavy atom. The third kappa shape index (κ3) is 3.13. The molecule has 5 nitrogen and oxygen atoms in total.